The van der Waals surface area contributed by atoms with Crippen molar-refractivity contribution in [1.82, 2.24) is 20.2 Å². The average Bonchev–Trinajstić information content (AvgIpc) is 3.12. The monoisotopic (exact) mass is 319 g/mol. The molecule has 0 fully saturated rings. The van der Waals surface area contributed by atoms with Gasteiger partial charge in [0.05, 0.1) is 10.2 Å². The summed E-state index contributed by atoms with van der Waals surface area (Å²) in [5.74, 6) is 0.531. The molecule has 108 valence electrons. The molecule has 0 aliphatic heterocycles. The first kappa shape index (κ1) is 14.0. The van der Waals surface area contributed by atoms with Crippen LogP contribution >= 0.6 is 23.1 Å². The number of aromatic amines is 1. The molecule has 0 saturated heterocycles. The highest BCUT2D eigenvalue weighted by Gasteiger charge is 2.13. The Labute approximate surface area is 129 Å². The highest BCUT2D eigenvalue weighted by molar-refractivity contribution is 8.00. The first-order chi connectivity index (χ1) is 10.2. The van der Waals surface area contributed by atoms with Gasteiger partial charge in [0.25, 0.3) is 5.91 Å². The molecule has 2 heterocycles. The predicted molar refractivity (Wildman–Crippen MR) is 85.1 cm³/mol. The van der Waals surface area contributed by atoms with Gasteiger partial charge in [-0.05, 0) is 24.5 Å². The molecule has 1 aromatic carbocycles. The average molecular weight is 319 g/mol. The number of nitrogens with one attached hydrogen (secondary N) is 2. The van der Waals surface area contributed by atoms with Crippen molar-refractivity contribution in [3.05, 3.63) is 29.8 Å². The third-order valence-corrected chi connectivity index (χ3v) is 4.87. The van der Waals surface area contributed by atoms with Gasteiger partial charge in [0.2, 0.25) is 5.82 Å². The molecule has 3 rings (SSSR count). The van der Waals surface area contributed by atoms with Crippen molar-refractivity contribution >= 4 is 44.9 Å². The predicted octanol–water partition coefficient (Wildman–Crippen LogP) is 2.95. The van der Waals surface area contributed by atoms with Gasteiger partial charge in [0.15, 0.2) is 4.34 Å². The van der Waals surface area contributed by atoms with Crippen LogP contribution in [0.4, 0.5) is 5.69 Å². The third-order valence-electron chi connectivity index (χ3n) is 2.87. The maximum absolute atomic E-state index is 12.1. The first-order valence-corrected chi connectivity index (χ1v) is 8.41. The molecule has 21 heavy (non-hydrogen) atoms. The van der Waals surface area contributed by atoms with Crippen LogP contribution in [0.3, 0.4) is 0 Å². The number of fused-ring (bicyclic) bond motifs is 1. The molecule has 2 N–H and O–H groups in total. The van der Waals surface area contributed by atoms with E-state index >= 15 is 0 Å². The van der Waals surface area contributed by atoms with Gasteiger partial charge in [0, 0.05) is 12.1 Å². The van der Waals surface area contributed by atoms with Crippen LogP contribution in [0.25, 0.3) is 10.2 Å². The van der Waals surface area contributed by atoms with Crippen molar-refractivity contribution in [1.29, 1.82) is 0 Å². The largest absolute Gasteiger partial charge is 0.319 e. The number of amides is 1. The molecule has 0 radical (unpaired) electrons. The maximum atomic E-state index is 12.1. The highest BCUT2D eigenvalue weighted by Crippen LogP contribution is 2.29. The Balaban J connectivity index is 1.81. The van der Waals surface area contributed by atoms with Crippen LogP contribution in [-0.2, 0) is 6.42 Å². The second kappa shape index (κ2) is 5.82. The quantitative estimate of drug-likeness (QED) is 0.722. The Hall–Kier alpha value is -1.93. The number of carbonyl (C=O) groups excluding carboxylic acids is 1. The Bertz CT molecular complexity index is 795. The molecule has 0 atom stereocenters. The number of aromatic nitrogens is 4. The fourth-order valence-electron chi connectivity index (χ4n) is 1.81. The van der Waals surface area contributed by atoms with Gasteiger partial charge in [-0.1, -0.05) is 18.7 Å². The maximum Gasteiger partial charge on any atom is 0.295 e. The second-order valence-corrected chi connectivity index (χ2v) is 6.36. The number of thioether (sulfide) groups is 1. The fraction of sp³-hybridized carbons (Fsp3) is 0.231. The molecule has 8 heteroatoms. The third kappa shape index (κ3) is 2.91. The van der Waals surface area contributed by atoms with Crippen LogP contribution in [0.2, 0.25) is 0 Å². The molecular weight excluding hydrogens is 306 g/mol. The van der Waals surface area contributed by atoms with E-state index in [1.54, 1.807) is 23.1 Å². The number of hydrogen-bond acceptors (Lipinski definition) is 6. The SMILES string of the molecule is CCc1nc(C(=O)Nc2ccc3nc(SC)sc3c2)n[nH]1. The molecule has 6 nitrogen and oxygen atoms in total. The Morgan fingerprint density at radius 1 is 1.43 bits per heavy atom. The molecule has 0 aliphatic carbocycles. The standard InChI is InChI=1S/C13H13N5OS2/c1-3-10-16-11(18-17-10)12(19)14-7-4-5-8-9(6-7)21-13(15-8)20-2/h4-6H,3H2,1-2H3,(H,14,19)(H,16,17,18). The van der Waals surface area contributed by atoms with Gasteiger partial charge in [0.1, 0.15) is 5.82 Å². The number of nitrogens with zero attached hydrogens (tertiary/aromatic N) is 3. The summed E-state index contributed by atoms with van der Waals surface area (Å²) < 4.78 is 2.05. The van der Waals surface area contributed by atoms with Crippen LogP contribution < -0.4 is 5.32 Å². The zero-order valence-electron chi connectivity index (χ0n) is 11.5. The normalized spacial score (nSPS) is 11.0. The number of hydrogen-bond donors (Lipinski definition) is 2. The van der Waals surface area contributed by atoms with Gasteiger partial charge < -0.3 is 5.32 Å². The number of H-pyrrole nitrogens is 1. The van der Waals surface area contributed by atoms with E-state index in [0.717, 1.165) is 14.6 Å². The molecule has 2 aromatic heterocycles. The smallest absolute Gasteiger partial charge is 0.295 e. The van der Waals surface area contributed by atoms with Crippen LogP contribution in [0.15, 0.2) is 22.5 Å². The van der Waals surface area contributed by atoms with E-state index in [-0.39, 0.29) is 11.7 Å². The first-order valence-electron chi connectivity index (χ1n) is 6.37. The number of thiazole rings is 1. The summed E-state index contributed by atoms with van der Waals surface area (Å²) in [5.41, 5.74) is 1.65. The van der Waals surface area contributed by atoms with Gasteiger partial charge in [-0.15, -0.1) is 16.4 Å². The van der Waals surface area contributed by atoms with E-state index in [4.69, 9.17) is 0 Å². The summed E-state index contributed by atoms with van der Waals surface area (Å²) in [6, 6.07) is 5.64. The summed E-state index contributed by atoms with van der Waals surface area (Å²) >= 11 is 3.22. The molecule has 1 amide bonds. The van der Waals surface area contributed by atoms with E-state index in [0.29, 0.717) is 17.9 Å². The minimum atomic E-state index is -0.320. The lowest BCUT2D eigenvalue weighted by molar-refractivity contribution is 0.101. The number of rotatable bonds is 4. The van der Waals surface area contributed by atoms with Crippen LogP contribution in [0.1, 0.15) is 23.4 Å². The van der Waals surface area contributed by atoms with E-state index in [1.807, 2.05) is 31.4 Å². The van der Waals surface area contributed by atoms with Crippen molar-refractivity contribution in [2.75, 3.05) is 11.6 Å². The van der Waals surface area contributed by atoms with Crippen LogP contribution in [-0.4, -0.2) is 32.3 Å². The fourth-order valence-corrected chi connectivity index (χ4v) is 3.34. The molecular formula is C13H13N5OS2. The van der Waals surface area contributed by atoms with Gasteiger partial charge in [-0.25, -0.2) is 9.97 Å². The second-order valence-electron chi connectivity index (χ2n) is 4.28. The van der Waals surface area contributed by atoms with Gasteiger partial charge >= 0.3 is 0 Å². The lowest BCUT2D eigenvalue weighted by Gasteiger charge is -2.01. The van der Waals surface area contributed by atoms with E-state index in [2.05, 4.69) is 25.5 Å². The van der Waals surface area contributed by atoms with Crippen molar-refractivity contribution in [3.8, 4) is 0 Å². The lowest BCUT2D eigenvalue weighted by atomic mass is 10.3. The summed E-state index contributed by atoms with van der Waals surface area (Å²) in [7, 11) is 0. The number of benzene rings is 1. The summed E-state index contributed by atoms with van der Waals surface area (Å²) in [6.07, 6.45) is 2.71. The zero-order valence-corrected chi connectivity index (χ0v) is 13.1. The zero-order chi connectivity index (χ0) is 14.8. The summed E-state index contributed by atoms with van der Waals surface area (Å²) in [6.45, 7) is 1.95. The summed E-state index contributed by atoms with van der Waals surface area (Å²) in [4.78, 5) is 20.6. The minimum absolute atomic E-state index is 0.154. The van der Waals surface area contributed by atoms with E-state index in [9.17, 15) is 4.79 Å². The van der Waals surface area contributed by atoms with E-state index in [1.165, 1.54) is 0 Å². The summed E-state index contributed by atoms with van der Waals surface area (Å²) in [5, 5.41) is 9.43. The number of carbonyl (C=O) groups is 1. The Morgan fingerprint density at radius 3 is 3.00 bits per heavy atom. The topological polar surface area (TPSA) is 83.6 Å². The Kier molecular flexibility index (Phi) is 3.89. The molecule has 3 aromatic rings. The Morgan fingerprint density at radius 2 is 2.29 bits per heavy atom. The van der Waals surface area contributed by atoms with Crippen molar-refractivity contribution in [2.24, 2.45) is 0 Å². The molecule has 0 unspecified atom stereocenters. The minimum Gasteiger partial charge on any atom is -0.319 e. The molecule has 0 aliphatic rings. The van der Waals surface area contributed by atoms with Gasteiger partial charge in [-0.3, -0.25) is 9.89 Å². The molecule has 0 spiro atoms. The molecule has 0 bridgehead atoms. The highest BCUT2D eigenvalue weighted by atomic mass is 32.2. The molecule has 0 saturated carbocycles. The number of anilines is 1. The number of aryl methyl sites for hydroxylation is 1. The lowest BCUT2D eigenvalue weighted by Crippen LogP contribution is -2.13. The van der Waals surface area contributed by atoms with Crippen molar-refractivity contribution < 1.29 is 4.79 Å². The van der Waals surface area contributed by atoms with Gasteiger partial charge in [-0.2, -0.15) is 0 Å². The van der Waals surface area contributed by atoms with Crippen molar-refractivity contribution in [2.45, 2.75) is 17.7 Å². The van der Waals surface area contributed by atoms with Crippen LogP contribution in [0, 0.1) is 0 Å². The van der Waals surface area contributed by atoms with E-state index < -0.39 is 0 Å². The van der Waals surface area contributed by atoms with Crippen LogP contribution in [0.5, 0.6) is 0 Å². The van der Waals surface area contributed by atoms with Crippen molar-refractivity contribution in [3.63, 3.8) is 0 Å².